The molecular weight excluding hydrogens is 297 g/mol. The quantitative estimate of drug-likeness (QED) is 0.922. The fourth-order valence-corrected chi connectivity index (χ4v) is 2.92. The van der Waals surface area contributed by atoms with Crippen LogP contribution < -0.4 is 4.74 Å². The Bertz CT molecular complexity index is 645. The largest absolute Gasteiger partial charge is 0.493 e. The Balaban J connectivity index is 1.48. The molecule has 1 aliphatic rings. The van der Waals surface area contributed by atoms with Gasteiger partial charge < -0.3 is 9.64 Å². The Morgan fingerprint density at radius 1 is 1.43 bits per heavy atom. The van der Waals surface area contributed by atoms with Gasteiger partial charge in [0, 0.05) is 37.0 Å². The number of carbonyl (C=O) groups excluding carboxylic acids is 1. The van der Waals surface area contributed by atoms with Crippen molar-refractivity contribution in [3.05, 3.63) is 48.0 Å². The van der Waals surface area contributed by atoms with Gasteiger partial charge in [-0.25, -0.2) is 4.39 Å². The Kier molecular flexibility index (Phi) is 4.90. The number of benzene rings is 1. The standard InChI is InChI=1S/C17H20FN3O2/c18-14-4-1-5-15(11-14)23-10-7-17(22)21-9-2-3-13(12-21)16-6-8-19-20-16/h1,4-6,8,11,13H,2-3,7,9-10,12H2,(H,19,20)/t13-/m1/s1. The number of likely N-dealkylation sites (tertiary alicyclic amines) is 1. The molecule has 0 spiro atoms. The van der Waals surface area contributed by atoms with Crippen LogP contribution >= 0.6 is 0 Å². The number of piperidine rings is 1. The number of rotatable bonds is 5. The normalized spacial score (nSPS) is 18.0. The summed E-state index contributed by atoms with van der Waals surface area (Å²) in [6.45, 7) is 1.75. The van der Waals surface area contributed by atoms with E-state index in [1.54, 1.807) is 18.3 Å². The van der Waals surface area contributed by atoms with Gasteiger partial charge >= 0.3 is 0 Å². The third-order valence-corrected chi connectivity index (χ3v) is 4.12. The highest BCUT2D eigenvalue weighted by atomic mass is 19.1. The van der Waals surface area contributed by atoms with Crippen molar-refractivity contribution in [3.8, 4) is 5.75 Å². The monoisotopic (exact) mass is 317 g/mol. The number of amides is 1. The van der Waals surface area contributed by atoms with Gasteiger partial charge in [-0.2, -0.15) is 5.10 Å². The molecule has 1 saturated heterocycles. The average molecular weight is 317 g/mol. The summed E-state index contributed by atoms with van der Waals surface area (Å²) in [4.78, 5) is 14.2. The lowest BCUT2D eigenvalue weighted by Crippen LogP contribution is -2.39. The molecule has 1 N–H and O–H groups in total. The maximum Gasteiger partial charge on any atom is 0.226 e. The molecule has 0 radical (unpaired) electrons. The molecule has 1 aromatic carbocycles. The third-order valence-electron chi connectivity index (χ3n) is 4.12. The van der Waals surface area contributed by atoms with E-state index >= 15 is 0 Å². The lowest BCUT2D eigenvalue weighted by atomic mass is 9.95. The van der Waals surface area contributed by atoms with E-state index in [1.807, 2.05) is 11.0 Å². The molecule has 23 heavy (non-hydrogen) atoms. The van der Waals surface area contributed by atoms with Gasteiger partial charge in [0.05, 0.1) is 13.0 Å². The molecule has 0 saturated carbocycles. The Morgan fingerprint density at radius 2 is 2.35 bits per heavy atom. The molecule has 1 aromatic heterocycles. The van der Waals surface area contributed by atoms with Crippen LogP contribution in [0.4, 0.5) is 4.39 Å². The smallest absolute Gasteiger partial charge is 0.226 e. The number of carbonyl (C=O) groups is 1. The van der Waals surface area contributed by atoms with Crippen LogP contribution in [0.2, 0.25) is 0 Å². The first kappa shape index (κ1) is 15.5. The highest BCUT2D eigenvalue weighted by molar-refractivity contribution is 5.76. The van der Waals surface area contributed by atoms with Crippen molar-refractivity contribution in [2.75, 3.05) is 19.7 Å². The number of aromatic nitrogens is 2. The fourth-order valence-electron chi connectivity index (χ4n) is 2.92. The molecule has 2 aromatic rings. The molecular formula is C17H20FN3O2. The lowest BCUT2D eigenvalue weighted by Gasteiger charge is -2.32. The van der Waals surface area contributed by atoms with Crippen LogP contribution in [0.5, 0.6) is 5.75 Å². The van der Waals surface area contributed by atoms with Crippen molar-refractivity contribution in [2.24, 2.45) is 0 Å². The second kappa shape index (κ2) is 7.26. The van der Waals surface area contributed by atoms with Gasteiger partial charge in [0.15, 0.2) is 0 Å². The van der Waals surface area contributed by atoms with Crippen LogP contribution in [0.25, 0.3) is 0 Å². The molecule has 1 aliphatic heterocycles. The van der Waals surface area contributed by atoms with Crippen molar-refractivity contribution < 1.29 is 13.9 Å². The predicted molar refractivity (Wildman–Crippen MR) is 83.7 cm³/mol. The van der Waals surface area contributed by atoms with Crippen molar-refractivity contribution in [1.29, 1.82) is 0 Å². The Morgan fingerprint density at radius 3 is 3.13 bits per heavy atom. The molecule has 0 unspecified atom stereocenters. The second-order valence-corrected chi connectivity index (χ2v) is 5.75. The maximum absolute atomic E-state index is 13.1. The van der Waals surface area contributed by atoms with Crippen LogP contribution in [0.15, 0.2) is 36.5 Å². The summed E-state index contributed by atoms with van der Waals surface area (Å²) in [7, 11) is 0. The van der Waals surface area contributed by atoms with Gasteiger partial charge in [-0.1, -0.05) is 6.07 Å². The SMILES string of the molecule is O=C(CCOc1cccc(F)c1)N1CCC[C@@H](c2ccn[nH]2)C1. The van der Waals surface area contributed by atoms with E-state index in [9.17, 15) is 9.18 Å². The Hall–Kier alpha value is -2.37. The summed E-state index contributed by atoms with van der Waals surface area (Å²) in [6, 6.07) is 7.92. The zero-order valence-corrected chi connectivity index (χ0v) is 12.9. The van der Waals surface area contributed by atoms with E-state index in [-0.39, 0.29) is 18.3 Å². The maximum atomic E-state index is 13.1. The molecule has 1 fully saturated rings. The van der Waals surface area contributed by atoms with E-state index in [0.717, 1.165) is 25.1 Å². The summed E-state index contributed by atoms with van der Waals surface area (Å²) >= 11 is 0. The minimum atomic E-state index is -0.341. The number of hydrogen-bond donors (Lipinski definition) is 1. The summed E-state index contributed by atoms with van der Waals surface area (Å²) < 4.78 is 18.5. The predicted octanol–water partition coefficient (Wildman–Crippen LogP) is 2.72. The van der Waals surface area contributed by atoms with Gasteiger partial charge in [-0.05, 0) is 31.0 Å². The van der Waals surface area contributed by atoms with E-state index < -0.39 is 0 Å². The van der Waals surface area contributed by atoms with E-state index in [0.29, 0.717) is 24.6 Å². The molecule has 1 amide bonds. The first-order valence-electron chi connectivity index (χ1n) is 7.88. The zero-order valence-electron chi connectivity index (χ0n) is 12.9. The number of ether oxygens (including phenoxy) is 1. The van der Waals surface area contributed by atoms with Crippen LogP contribution in [0, 0.1) is 5.82 Å². The Labute approximate surface area is 134 Å². The topological polar surface area (TPSA) is 58.2 Å². The van der Waals surface area contributed by atoms with Gasteiger partial charge in [-0.15, -0.1) is 0 Å². The highest BCUT2D eigenvalue weighted by Gasteiger charge is 2.25. The summed E-state index contributed by atoms with van der Waals surface area (Å²) in [6.07, 6.45) is 4.08. The van der Waals surface area contributed by atoms with Gasteiger partial charge in [0.1, 0.15) is 11.6 Å². The van der Waals surface area contributed by atoms with E-state index in [2.05, 4.69) is 10.2 Å². The summed E-state index contributed by atoms with van der Waals surface area (Å²) in [5.41, 5.74) is 1.08. The third kappa shape index (κ3) is 4.09. The minimum absolute atomic E-state index is 0.0746. The second-order valence-electron chi connectivity index (χ2n) is 5.75. The van der Waals surface area contributed by atoms with Gasteiger partial charge in [0.2, 0.25) is 5.91 Å². The molecule has 0 aliphatic carbocycles. The minimum Gasteiger partial charge on any atom is -0.493 e. The van der Waals surface area contributed by atoms with Crippen molar-refractivity contribution >= 4 is 5.91 Å². The van der Waals surface area contributed by atoms with E-state index in [1.165, 1.54) is 12.1 Å². The first-order chi connectivity index (χ1) is 11.2. The average Bonchev–Trinajstić information content (AvgIpc) is 3.09. The molecule has 0 bridgehead atoms. The zero-order chi connectivity index (χ0) is 16.1. The molecule has 3 rings (SSSR count). The number of H-pyrrole nitrogens is 1. The lowest BCUT2D eigenvalue weighted by molar-refractivity contribution is -0.132. The first-order valence-corrected chi connectivity index (χ1v) is 7.88. The molecule has 2 heterocycles. The van der Waals surface area contributed by atoms with Gasteiger partial charge in [0.25, 0.3) is 0 Å². The van der Waals surface area contributed by atoms with Crippen molar-refractivity contribution in [1.82, 2.24) is 15.1 Å². The van der Waals surface area contributed by atoms with Crippen LogP contribution in [0.3, 0.4) is 0 Å². The fraction of sp³-hybridized carbons (Fsp3) is 0.412. The highest BCUT2D eigenvalue weighted by Crippen LogP contribution is 2.25. The van der Waals surface area contributed by atoms with Crippen LogP contribution in [-0.4, -0.2) is 40.7 Å². The number of nitrogens with zero attached hydrogens (tertiary/aromatic N) is 2. The van der Waals surface area contributed by atoms with Crippen LogP contribution in [-0.2, 0) is 4.79 Å². The molecule has 6 heteroatoms. The number of hydrogen-bond acceptors (Lipinski definition) is 3. The molecule has 5 nitrogen and oxygen atoms in total. The van der Waals surface area contributed by atoms with Gasteiger partial charge in [-0.3, -0.25) is 9.89 Å². The number of aromatic amines is 1. The number of halogens is 1. The molecule has 122 valence electrons. The molecule has 1 atom stereocenters. The van der Waals surface area contributed by atoms with Crippen molar-refractivity contribution in [3.63, 3.8) is 0 Å². The summed E-state index contributed by atoms with van der Waals surface area (Å²) in [5, 5.41) is 6.97. The summed E-state index contributed by atoms with van der Waals surface area (Å²) in [5.74, 6) is 0.504. The van der Waals surface area contributed by atoms with E-state index in [4.69, 9.17) is 4.74 Å². The van der Waals surface area contributed by atoms with Crippen molar-refractivity contribution in [2.45, 2.75) is 25.2 Å². The number of nitrogens with one attached hydrogen (secondary N) is 1. The van der Waals surface area contributed by atoms with Crippen LogP contribution in [0.1, 0.15) is 30.9 Å².